The van der Waals surface area contributed by atoms with E-state index in [-0.39, 0.29) is 25.2 Å². The molecular formula is C15H28N2O4. The summed E-state index contributed by atoms with van der Waals surface area (Å²) in [6.07, 6.45) is 2.42. The molecule has 0 aromatic carbocycles. The zero-order chi connectivity index (χ0) is 16.0. The van der Waals surface area contributed by atoms with Gasteiger partial charge in [-0.15, -0.1) is 0 Å². The fraction of sp³-hybridized carbons (Fsp3) is 0.867. The number of carboxylic acid groups (broad SMARTS) is 1. The van der Waals surface area contributed by atoms with Crippen molar-refractivity contribution < 1.29 is 19.8 Å². The number of aliphatic carboxylic acids is 1. The molecule has 1 heterocycles. The van der Waals surface area contributed by atoms with E-state index in [0.29, 0.717) is 32.4 Å². The summed E-state index contributed by atoms with van der Waals surface area (Å²) in [6, 6.07) is -0.0796. The van der Waals surface area contributed by atoms with Gasteiger partial charge in [0.25, 0.3) is 0 Å². The summed E-state index contributed by atoms with van der Waals surface area (Å²) >= 11 is 0. The monoisotopic (exact) mass is 300 g/mol. The molecule has 0 aliphatic carbocycles. The molecule has 0 spiro atoms. The van der Waals surface area contributed by atoms with Gasteiger partial charge in [0.15, 0.2) is 0 Å². The summed E-state index contributed by atoms with van der Waals surface area (Å²) in [5, 5.41) is 18.4. The van der Waals surface area contributed by atoms with Gasteiger partial charge in [-0.25, -0.2) is 4.79 Å². The number of aliphatic hydroxyl groups excluding tert-OH is 1. The minimum atomic E-state index is -0.812. The largest absolute Gasteiger partial charge is 0.481 e. The molecular weight excluding hydrogens is 272 g/mol. The summed E-state index contributed by atoms with van der Waals surface area (Å²) in [4.78, 5) is 27.6. The highest BCUT2D eigenvalue weighted by atomic mass is 16.4. The molecule has 1 aliphatic rings. The molecule has 1 fully saturated rings. The zero-order valence-electron chi connectivity index (χ0n) is 13.3. The smallest absolute Gasteiger partial charge is 0.320 e. The van der Waals surface area contributed by atoms with Crippen LogP contribution in [-0.4, -0.2) is 64.3 Å². The maximum atomic E-state index is 12.6. The Labute approximate surface area is 126 Å². The maximum absolute atomic E-state index is 12.6. The SMILES string of the molecule is CCC1(C(=O)O)CCCN(C(=O)N(CCCO)C(C)C)C1. The third-order valence-corrected chi connectivity index (χ3v) is 4.40. The Morgan fingerprint density at radius 2 is 2.05 bits per heavy atom. The van der Waals surface area contributed by atoms with E-state index in [2.05, 4.69) is 0 Å². The third kappa shape index (κ3) is 4.09. The van der Waals surface area contributed by atoms with Crippen LogP contribution in [-0.2, 0) is 4.79 Å². The van der Waals surface area contributed by atoms with Crippen LogP contribution in [0.5, 0.6) is 0 Å². The van der Waals surface area contributed by atoms with Gasteiger partial charge in [-0.05, 0) is 39.5 Å². The number of carbonyl (C=O) groups excluding carboxylic acids is 1. The number of aliphatic hydroxyl groups is 1. The first kappa shape index (κ1) is 17.8. The average molecular weight is 300 g/mol. The Kier molecular flexibility index (Phi) is 6.45. The Morgan fingerprint density at radius 1 is 1.38 bits per heavy atom. The van der Waals surface area contributed by atoms with Gasteiger partial charge in [0.1, 0.15) is 0 Å². The van der Waals surface area contributed by atoms with Crippen LogP contribution >= 0.6 is 0 Å². The molecule has 21 heavy (non-hydrogen) atoms. The van der Waals surface area contributed by atoms with Gasteiger partial charge in [0, 0.05) is 32.3 Å². The summed E-state index contributed by atoms with van der Waals surface area (Å²) in [6.45, 7) is 7.16. The molecule has 6 nitrogen and oxygen atoms in total. The van der Waals surface area contributed by atoms with E-state index in [1.807, 2.05) is 20.8 Å². The zero-order valence-corrected chi connectivity index (χ0v) is 13.3. The first-order valence-corrected chi connectivity index (χ1v) is 7.77. The van der Waals surface area contributed by atoms with Crippen LogP contribution in [0.25, 0.3) is 0 Å². The number of hydrogen-bond donors (Lipinski definition) is 2. The highest BCUT2D eigenvalue weighted by molar-refractivity contribution is 5.79. The van der Waals surface area contributed by atoms with E-state index < -0.39 is 11.4 Å². The van der Waals surface area contributed by atoms with Gasteiger partial charge in [0.05, 0.1) is 5.41 Å². The lowest BCUT2D eigenvalue weighted by molar-refractivity contribution is -0.152. The maximum Gasteiger partial charge on any atom is 0.320 e. The Bertz CT molecular complexity index is 373. The van der Waals surface area contributed by atoms with Crippen LogP contribution in [0.15, 0.2) is 0 Å². The lowest BCUT2D eigenvalue weighted by Crippen LogP contribution is -2.54. The number of carboxylic acids is 1. The molecule has 1 aliphatic heterocycles. The summed E-state index contributed by atoms with van der Waals surface area (Å²) in [7, 11) is 0. The third-order valence-electron chi connectivity index (χ3n) is 4.40. The number of rotatable bonds is 6. The van der Waals surface area contributed by atoms with Gasteiger partial charge >= 0.3 is 12.0 Å². The van der Waals surface area contributed by atoms with Gasteiger partial charge < -0.3 is 20.0 Å². The molecule has 1 saturated heterocycles. The number of amides is 2. The van der Waals surface area contributed by atoms with Gasteiger partial charge in [-0.3, -0.25) is 4.79 Å². The van der Waals surface area contributed by atoms with Crippen molar-refractivity contribution in [2.45, 2.75) is 52.5 Å². The molecule has 0 saturated carbocycles. The Balaban J connectivity index is 2.82. The van der Waals surface area contributed by atoms with E-state index in [1.54, 1.807) is 9.80 Å². The molecule has 1 rings (SSSR count). The fourth-order valence-electron chi connectivity index (χ4n) is 2.91. The van der Waals surface area contributed by atoms with Crippen molar-refractivity contribution in [1.82, 2.24) is 9.80 Å². The van der Waals surface area contributed by atoms with Crippen molar-refractivity contribution in [3.05, 3.63) is 0 Å². The summed E-state index contributed by atoms with van der Waals surface area (Å²) in [5.74, 6) is -0.811. The quantitative estimate of drug-likeness (QED) is 0.783. The minimum absolute atomic E-state index is 0.0341. The minimum Gasteiger partial charge on any atom is -0.481 e. The van der Waals surface area contributed by atoms with E-state index in [4.69, 9.17) is 5.11 Å². The van der Waals surface area contributed by atoms with Crippen molar-refractivity contribution in [1.29, 1.82) is 0 Å². The number of nitrogens with zero attached hydrogens (tertiary/aromatic N) is 2. The van der Waals surface area contributed by atoms with Gasteiger partial charge in [-0.2, -0.15) is 0 Å². The summed E-state index contributed by atoms with van der Waals surface area (Å²) < 4.78 is 0. The molecule has 0 radical (unpaired) electrons. The van der Waals surface area contributed by atoms with Crippen molar-refractivity contribution in [3.8, 4) is 0 Å². The van der Waals surface area contributed by atoms with Crippen LogP contribution in [0.2, 0.25) is 0 Å². The number of hydrogen-bond acceptors (Lipinski definition) is 3. The number of piperidine rings is 1. The number of likely N-dealkylation sites (tertiary alicyclic amines) is 1. The van der Waals surface area contributed by atoms with E-state index in [9.17, 15) is 14.7 Å². The molecule has 6 heteroatoms. The second kappa shape index (κ2) is 7.64. The molecule has 0 aromatic heterocycles. The van der Waals surface area contributed by atoms with Crippen molar-refractivity contribution in [2.24, 2.45) is 5.41 Å². The predicted molar refractivity (Wildman–Crippen MR) is 80.1 cm³/mol. The molecule has 0 aromatic rings. The van der Waals surface area contributed by atoms with E-state index in [1.165, 1.54) is 0 Å². The topological polar surface area (TPSA) is 81.1 Å². The van der Waals surface area contributed by atoms with Crippen LogP contribution in [0.1, 0.15) is 46.5 Å². The molecule has 1 unspecified atom stereocenters. The predicted octanol–water partition coefficient (Wildman–Crippen LogP) is 1.78. The van der Waals surface area contributed by atoms with Gasteiger partial charge in [0.2, 0.25) is 0 Å². The second-order valence-corrected chi connectivity index (χ2v) is 6.11. The first-order chi connectivity index (χ1) is 9.88. The van der Waals surface area contributed by atoms with Crippen molar-refractivity contribution in [3.63, 3.8) is 0 Å². The standard InChI is InChI=1S/C15H28N2O4/c1-4-15(13(19)20)7-5-8-16(11-15)14(21)17(12(2)3)9-6-10-18/h12,18H,4-11H2,1-3H3,(H,19,20). The lowest BCUT2D eigenvalue weighted by Gasteiger charge is -2.42. The van der Waals surface area contributed by atoms with Crippen LogP contribution in [0.4, 0.5) is 4.79 Å². The normalized spacial score (nSPS) is 22.4. The van der Waals surface area contributed by atoms with Crippen LogP contribution < -0.4 is 0 Å². The van der Waals surface area contributed by atoms with E-state index in [0.717, 1.165) is 6.42 Å². The average Bonchev–Trinajstić information content (AvgIpc) is 2.46. The molecule has 1 atom stereocenters. The highest BCUT2D eigenvalue weighted by Crippen LogP contribution is 2.34. The highest BCUT2D eigenvalue weighted by Gasteiger charge is 2.43. The number of urea groups is 1. The molecule has 122 valence electrons. The van der Waals surface area contributed by atoms with Crippen molar-refractivity contribution in [2.75, 3.05) is 26.2 Å². The van der Waals surface area contributed by atoms with Crippen LogP contribution in [0.3, 0.4) is 0 Å². The van der Waals surface area contributed by atoms with Gasteiger partial charge in [-0.1, -0.05) is 6.92 Å². The van der Waals surface area contributed by atoms with Crippen LogP contribution in [0, 0.1) is 5.41 Å². The molecule has 2 N–H and O–H groups in total. The Hall–Kier alpha value is -1.30. The molecule has 0 bridgehead atoms. The van der Waals surface area contributed by atoms with Crippen molar-refractivity contribution >= 4 is 12.0 Å². The summed E-state index contributed by atoms with van der Waals surface area (Å²) in [5.41, 5.74) is -0.812. The first-order valence-electron chi connectivity index (χ1n) is 7.77. The lowest BCUT2D eigenvalue weighted by atomic mass is 9.78. The Morgan fingerprint density at radius 3 is 2.52 bits per heavy atom. The second-order valence-electron chi connectivity index (χ2n) is 6.11. The number of carbonyl (C=O) groups is 2. The fourth-order valence-corrected chi connectivity index (χ4v) is 2.91. The van der Waals surface area contributed by atoms with E-state index >= 15 is 0 Å². The molecule has 2 amide bonds.